The van der Waals surface area contributed by atoms with Gasteiger partial charge in [0.05, 0.1) is 25.8 Å². The standard InChI is InChI=1S/C11H17NO5/c1-4-17-11(15)8-5-12(7(2)6-16-3)10(14)9(8)13/h7,13H,4-6H2,1-3H3. The van der Waals surface area contributed by atoms with Gasteiger partial charge in [-0.2, -0.15) is 0 Å². The molecule has 1 amide bonds. The van der Waals surface area contributed by atoms with Crippen molar-refractivity contribution in [3.63, 3.8) is 0 Å². The third kappa shape index (κ3) is 2.76. The monoisotopic (exact) mass is 243 g/mol. The number of amides is 1. The number of aliphatic hydroxyl groups excluding tert-OH is 1. The van der Waals surface area contributed by atoms with Crippen molar-refractivity contribution in [3.05, 3.63) is 11.3 Å². The number of esters is 1. The van der Waals surface area contributed by atoms with Gasteiger partial charge in [0.15, 0.2) is 5.76 Å². The number of ether oxygens (including phenoxy) is 2. The van der Waals surface area contributed by atoms with Gasteiger partial charge in [-0.05, 0) is 13.8 Å². The quantitative estimate of drug-likeness (QED) is 0.700. The molecule has 96 valence electrons. The molecule has 1 atom stereocenters. The van der Waals surface area contributed by atoms with Gasteiger partial charge in [-0.1, -0.05) is 0 Å². The van der Waals surface area contributed by atoms with Crippen LogP contribution in [0.2, 0.25) is 0 Å². The average molecular weight is 243 g/mol. The Morgan fingerprint density at radius 2 is 2.24 bits per heavy atom. The van der Waals surface area contributed by atoms with E-state index in [9.17, 15) is 14.7 Å². The number of rotatable bonds is 5. The molecule has 6 nitrogen and oxygen atoms in total. The summed E-state index contributed by atoms with van der Waals surface area (Å²) in [5, 5.41) is 9.59. The Labute approximate surface area is 99.8 Å². The molecule has 1 unspecified atom stereocenters. The lowest BCUT2D eigenvalue weighted by molar-refractivity contribution is -0.138. The summed E-state index contributed by atoms with van der Waals surface area (Å²) >= 11 is 0. The van der Waals surface area contributed by atoms with Crippen LogP contribution >= 0.6 is 0 Å². The fourth-order valence-corrected chi connectivity index (χ4v) is 1.65. The lowest BCUT2D eigenvalue weighted by Crippen LogP contribution is -2.38. The largest absolute Gasteiger partial charge is 0.503 e. The second-order valence-corrected chi connectivity index (χ2v) is 3.79. The Morgan fingerprint density at radius 3 is 2.76 bits per heavy atom. The molecule has 0 saturated heterocycles. The third-order valence-electron chi connectivity index (χ3n) is 2.54. The predicted octanol–water partition coefficient (Wildman–Crippen LogP) is 0.239. The molecule has 1 N–H and O–H groups in total. The highest BCUT2D eigenvalue weighted by Crippen LogP contribution is 2.20. The summed E-state index contributed by atoms with van der Waals surface area (Å²) in [6.07, 6.45) is 0. The highest BCUT2D eigenvalue weighted by Gasteiger charge is 2.37. The molecule has 1 rings (SSSR count). The number of methoxy groups -OCH3 is 1. The van der Waals surface area contributed by atoms with E-state index >= 15 is 0 Å². The molecule has 1 aliphatic heterocycles. The minimum absolute atomic E-state index is 0.0137. The molecule has 0 saturated carbocycles. The topological polar surface area (TPSA) is 76.1 Å². The summed E-state index contributed by atoms with van der Waals surface area (Å²) in [5.41, 5.74) is 0.0137. The first-order chi connectivity index (χ1) is 8.02. The number of hydrogen-bond acceptors (Lipinski definition) is 5. The van der Waals surface area contributed by atoms with E-state index in [1.165, 1.54) is 12.0 Å². The number of carbonyl (C=O) groups excluding carboxylic acids is 2. The van der Waals surface area contributed by atoms with Crippen molar-refractivity contribution in [1.82, 2.24) is 4.90 Å². The van der Waals surface area contributed by atoms with Crippen LogP contribution in [-0.2, 0) is 19.1 Å². The Bertz CT molecular complexity index is 350. The highest BCUT2D eigenvalue weighted by molar-refractivity contribution is 6.05. The normalized spacial score (nSPS) is 17.6. The second-order valence-electron chi connectivity index (χ2n) is 3.79. The molecule has 0 bridgehead atoms. The summed E-state index contributed by atoms with van der Waals surface area (Å²) in [6.45, 7) is 4.06. The Kier molecular flexibility index (Phi) is 4.51. The summed E-state index contributed by atoms with van der Waals surface area (Å²) in [5.74, 6) is -1.73. The van der Waals surface area contributed by atoms with Crippen LogP contribution in [0.15, 0.2) is 11.3 Å². The van der Waals surface area contributed by atoms with Crippen molar-refractivity contribution in [2.75, 3.05) is 26.9 Å². The predicted molar refractivity (Wildman–Crippen MR) is 59.3 cm³/mol. The van der Waals surface area contributed by atoms with E-state index in [0.717, 1.165) is 0 Å². The zero-order chi connectivity index (χ0) is 13.0. The van der Waals surface area contributed by atoms with Crippen molar-refractivity contribution in [1.29, 1.82) is 0 Å². The smallest absolute Gasteiger partial charge is 0.339 e. The molecule has 17 heavy (non-hydrogen) atoms. The molecular weight excluding hydrogens is 226 g/mol. The number of nitrogens with zero attached hydrogens (tertiary/aromatic N) is 1. The third-order valence-corrected chi connectivity index (χ3v) is 2.54. The van der Waals surface area contributed by atoms with Gasteiger partial charge >= 0.3 is 5.97 Å². The summed E-state index contributed by atoms with van der Waals surface area (Å²) < 4.78 is 9.70. The van der Waals surface area contributed by atoms with Crippen molar-refractivity contribution in [3.8, 4) is 0 Å². The number of hydrogen-bond donors (Lipinski definition) is 1. The van der Waals surface area contributed by atoms with Crippen LogP contribution in [0.3, 0.4) is 0 Å². The Balaban J connectivity index is 2.77. The molecule has 0 spiro atoms. The highest BCUT2D eigenvalue weighted by atomic mass is 16.5. The summed E-state index contributed by atoms with van der Waals surface area (Å²) in [4.78, 5) is 24.6. The zero-order valence-electron chi connectivity index (χ0n) is 10.2. The van der Waals surface area contributed by atoms with Crippen molar-refractivity contribution < 1.29 is 24.2 Å². The number of aliphatic hydroxyl groups is 1. The fourth-order valence-electron chi connectivity index (χ4n) is 1.65. The molecule has 0 aromatic heterocycles. The van der Waals surface area contributed by atoms with Crippen molar-refractivity contribution in [2.24, 2.45) is 0 Å². The first-order valence-corrected chi connectivity index (χ1v) is 5.42. The van der Waals surface area contributed by atoms with E-state index in [-0.39, 0.29) is 24.8 Å². The van der Waals surface area contributed by atoms with Crippen LogP contribution < -0.4 is 0 Å². The van der Waals surface area contributed by atoms with Crippen LogP contribution in [0, 0.1) is 0 Å². The minimum atomic E-state index is -0.648. The molecule has 0 aromatic carbocycles. The molecule has 0 aromatic rings. The molecule has 0 aliphatic carbocycles. The van der Waals surface area contributed by atoms with E-state index in [4.69, 9.17) is 9.47 Å². The van der Waals surface area contributed by atoms with E-state index in [2.05, 4.69) is 0 Å². The lowest BCUT2D eigenvalue weighted by atomic mass is 10.2. The van der Waals surface area contributed by atoms with E-state index in [0.29, 0.717) is 6.61 Å². The summed E-state index contributed by atoms with van der Waals surface area (Å²) in [6, 6.07) is -0.207. The van der Waals surface area contributed by atoms with Gasteiger partial charge in [0.2, 0.25) is 0 Å². The maximum Gasteiger partial charge on any atom is 0.339 e. The maximum absolute atomic E-state index is 11.7. The average Bonchev–Trinajstić information content (AvgIpc) is 2.57. The first kappa shape index (κ1) is 13.5. The minimum Gasteiger partial charge on any atom is -0.503 e. The number of carbonyl (C=O) groups is 2. The second kappa shape index (κ2) is 5.67. The molecule has 0 fully saturated rings. The Hall–Kier alpha value is -1.56. The van der Waals surface area contributed by atoms with Gasteiger partial charge in [-0.25, -0.2) is 4.79 Å². The first-order valence-electron chi connectivity index (χ1n) is 5.42. The molecule has 1 aliphatic rings. The van der Waals surface area contributed by atoms with Gasteiger partial charge in [0.1, 0.15) is 5.57 Å². The van der Waals surface area contributed by atoms with Crippen molar-refractivity contribution in [2.45, 2.75) is 19.9 Å². The van der Waals surface area contributed by atoms with Crippen LogP contribution in [0.25, 0.3) is 0 Å². The van der Waals surface area contributed by atoms with E-state index in [1.807, 2.05) is 0 Å². The zero-order valence-corrected chi connectivity index (χ0v) is 10.2. The van der Waals surface area contributed by atoms with Gasteiger partial charge in [-0.3, -0.25) is 4.79 Å². The molecular formula is C11H17NO5. The molecule has 6 heteroatoms. The lowest BCUT2D eigenvalue weighted by Gasteiger charge is -2.23. The van der Waals surface area contributed by atoms with E-state index < -0.39 is 17.6 Å². The van der Waals surface area contributed by atoms with Crippen LogP contribution in [0.5, 0.6) is 0 Å². The van der Waals surface area contributed by atoms with Crippen LogP contribution in [0.4, 0.5) is 0 Å². The molecule has 0 radical (unpaired) electrons. The fraction of sp³-hybridized carbons (Fsp3) is 0.636. The van der Waals surface area contributed by atoms with Crippen LogP contribution in [0.1, 0.15) is 13.8 Å². The van der Waals surface area contributed by atoms with Crippen LogP contribution in [-0.4, -0.2) is 54.8 Å². The summed E-state index contributed by atoms with van der Waals surface area (Å²) in [7, 11) is 1.52. The van der Waals surface area contributed by atoms with Gasteiger partial charge in [-0.15, -0.1) is 0 Å². The van der Waals surface area contributed by atoms with E-state index in [1.54, 1.807) is 13.8 Å². The van der Waals surface area contributed by atoms with Gasteiger partial charge < -0.3 is 19.5 Å². The maximum atomic E-state index is 11.7. The van der Waals surface area contributed by atoms with Crippen molar-refractivity contribution >= 4 is 11.9 Å². The van der Waals surface area contributed by atoms with Gasteiger partial charge in [0, 0.05) is 7.11 Å². The van der Waals surface area contributed by atoms with Gasteiger partial charge in [0.25, 0.3) is 5.91 Å². The molecule has 1 heterocycles. The Morgan fingerprint density at radius 1 is 1.59 bits per heavy atom. The SMILES string of the molecule is CCOC(=O)C1=C(O)C(=O)N(C(C)COC)C1.